The van der Waals surface area contributed by atoms with Crippen molar-refractivity contribution in [2.24, 2.45) is 5.41 Å². The second kappa shape index (κ2) is 3.71. The molecule has 3 heteroatoms. The number of amides is 1. The topological polar surface area (TPSA) is 32.3 Å². The van der Waals surface area contributed by atoms with Crippen LogP contribution in [0, 0.1) is 5.41 Å². The number of nitrogens with zero attached hydrogens (tertiary/aromatic N) is 1. The van der Waals surface area contributed by atoms with Gasteiger partial charge in [-0.05, 0) is 43.9 Å². The minimum atomic E-state index is -0.122. The number of carbonyl (C=O) groups excluding carboxylic acids is 1. The van der Waals surface area contributed by atoms with Gasteiger partial charge in [-0.2, -0.15) is 0 Å². The van der Waals surface area contributed by atoms with Crippen LogP contribution < -0.4 is 5.32 Å². The van der Waals surface area contributed by atoms with E-state index in [1.54, 1.807) is 0 Å². The first-order valence-electron chi connectivity index (χ1n) is 7.23. The Morgan fingerprint density at radius 1 is 1.29 bits per heavy atom. The van der Waals surface area contributed by atoms with Crippen molar-refractivity contribution < 1.29 is 4.79 Å². The van der Waals surface area contributed by atoms with E-state index in [1.165, 1.54) is 25.7 Å². The Labute approximate surface area is 104 Å². The van der Waals surface area contributed by atoms with E-state index in [-0.39, 0.29) is 5.54 Å². The fourth-order valence-corrected chi connectivity index (χ4v) is 3.42. The molecule has 1 N–H and O–H groups in total. The van der Waals surface area contributed by atoms with Crippen LogP contribution in [0.3, 0.4) is 0 Å². The smallest absolute Gasteiger partial charge is 0.244 e. The fraction of sp³-hybridized carbons (Fsp3) is 0.929. The lowest BCUT2D eigenvalue weighted by molar-refractivity contribution is -0.131. The molecule has 2 saturated carbocycles. The van der Waals surface area contributed by atoms with Gasteiger partial charge in [-0.1, -0.05) is 20.3 Å². The Kier molecular flexibility index (Phi) is 2.51. The first-order chi connectivity index (χ1) is 8.15. The highest BCUT2D eigenvalue weighted by molar-refractivity contribution is 5.91. The summed E-state index contributed by atoms with van der Waals surface area (Å²) in [7, 11) is 0. The van der Waals surface area contributed by atoms with Crippen LogP contribution in [0.15, 0.2) is 0 Å². The van der Waals surface area contributed by atoms with Crippen molar-refractivity contribution in [2.45, 2.75) is 70.5 Å². The van der Waals surface area contributed by atoms with Crippen molar-refractivity contribution in [1.29, 1.82) is 0 Å². The number of rotatable bonds is 5. The van der Waals surface area contributed by atoms with E-state index in [9.17, 15) is 4.79 Å². The van der Waals surface area contributed by atoms with Gasteiger partial charge in [0, 0.05) is 6.54 Å². The predicted molar refractivity (Wildman–Crippen MR) is 67.5 cm³/mol. The molecule has 3 aliphatic rings. The molecule has 1 saturated heterocycles. The zero-order valence-electron chi connectivity index (χ0n) is 11.1. The van der Waals surface area contributed by atoms with E-state index in [0.717, 1.165) is 25.8 Å². The molecule has 1 aliphatic heterocycles. The minimum Gasteiger partial charge on any atom is -0.325 e. The van der Waals surface area contributed by atoms with Crippen molar-refractivity contribution in [3.05, 3.63) is 0 Å². The zero-order chi connectivity index (χ0) is 12.1. The summed E-state index contributed by atoms with van der Waals surface area (Å²) < 4.78 is 0. The third-order valence-electron chi connectivity index (χ3n) is 4.87. The normalized spacial score (nSPS) is 32.2. The quantitative estimate of drug-likeness (QED) is 0.794. The summed E-state index contributed by atoms with van der Waals surface area (Å²) in [6.45, 7) is 5.44. The van der Waals surface area contributed by atoms with Gasteiger partial charge in [0.25, 0.3) is 0 Å². The van der Waals surface area contributed by atoms with Crippen LogP contribution in [0.25, 0.3) is 0 Å². The van der Waals surface area contributed by atoms with Crippen molar-refractivity contribution in [1.82, 2.24) is 10.2 Å². The van der Waals surface area contributed by atoms with Gasteiger partial charge in [0.1, 0.15) is 0 Å². The van der Waals surface area contributed by atoms with Gasteiger partial charge in [0.05, 0.1) is 11.7 Å². The largest absolute Gasteiger partial charge is 0.325 e. The summed E-state index contributed by atoms with van der Waals surface area (Å²) in [5.41, 5.74) is 0.364. The van der Waals surface area contributed by atoms with Crippen LogP contribution in [0.5, 0.6) is 0 Å². The monoisotopic (exact) mass is 236 g/mol. The molecule has 2 aliphatic carbocycles. The summed E-state index contributed by atoms with van der Waals surface area (Å²) >= 11 is 0. The molecular formula is C14H24N2O. The average Bonchev–Trinajstić information content (AvgIpc) is 3.19. The van der Waals surface area contributed by atoms with Crippen molar-refractivity contribution >= 4 is 5.91 Å². The lowest BCUT2D eigenvalue weighted by Gasteiger charge is -2.28. The van der Waals surface area contributed by atoms with Crippen molar-refractivity contribution in [3.8, 4) is 0 Å². The Balaban J connectivity index is 1.71. The maximum Gasteiger partial charge on any atom is 0.244 e. The summed E-state index contributed by atoms with van der Waals surface area (Å²) in [4.78, 5) is 14.6. The average molecular weight is 236 g/mol. The van der Waals surface area contributed by atoms with E-state index in [4.69, 9.17) is 0 Å². The van der Waals surface area contributed by atoms with Gasteiger partial charge < -0.3 is 4.90 Å². The highest BCUT2D eigenvalue weighted by Crippen LogP contribution is 2.52. The summed E-state index contributed by atoms with van der Waals surface area (Å²) in [6.07, 6.45) is 8.65. The van der Waals surface area contributed by atoms with E-state index in [1.807, 2.05) is 0 Å². The van der Waals surface area contributed by atoms with Gasteiger partial charge in [-0.3, -0.25) is 10.1 Å². The molecule has 0 radical (unpaired) electrons. The molecule has 1 atom stereocenters. The Bertz CT molecular complexity index is 331. The summed E-state index contributed by atoms with van der Waals surface area (Å²) in [6, 6.07) is 0. The molecule has 3 nitrogen and oxygen atoms in total. The molecule has 0 aromatic carbocycles. The number of hydrogen-bond donors (Lipinski definition) is 1. The first-order valence-corrected chi connectivity index (χ1v) is 7.23. The molecule has 1 heterocycles. The maximum absolute atomic E-state index is 12.4. The molecule has 96 valence electrons. The second-order valence-corrected chi connectivity index (χ2v) is 6.33. The van der Waals surface area contributed by atoms with E-state index < -0.39 is 0 Å². The molecule has 0 aromatic rings. The minimum absolute atomic E-state index is 0.122. The number of carbonyl (C=O) groups is 1. The van der Waals surface area contributed by atoms with Gasteiger partial charge in [-0.15, -0.1) is 0 Å². The molecule has 1 spiro atoms. The highest BCUT2D eigenvalue weighted by atomic mass is 16.2. The van der Waals surface area contributed by atoms with E-state index >= 15 is 0 Å². The molecule has 3 rings (SSSR count). The van der Waals surface area contributed by atoms with Gasteiger partial charge in [-0.25, -0.2) is 0 Å². The third kappa shape index (κ3) is 1.79. The lowest BCUT2D eigenvalue weighted by atomic mass is 9.99. The highest BCUT2D eigenvalue weighted by Gasteiger charge is 2.60. The van der Waals surface area contributed by atoms with Crippen LogP contribution in [-0.4, -0.2) is 29.1 Å². The lowest BCUT2D eigenvalue weighted by Crippen LogP contribution is -2.40. The Morgan fingerprint density at radius 3 is 2.47 bits per heavy atom. The van der Waals surface area contributed by atoms with Gasteiger partial charge in [0.15, 0.2) is 0 Å². The second-order valence-electron chi connectivity index (χ2n) is 6.33. The summed E-state index contributed by atoms with van der Waals surface area (Å²) in [5, 5.41) is 3.56. The summed E-state index contributed by atoms with van der Waals surface area (Å²) in [5.74, 6) is 0.395. The molecular weight excluding hydrogens is 212 g/mol. The van der Waals surface area contributed by atoms with Crippen LogP contribution in [-0.2, 0) is 4.79 Å². The van der Waals surface area contributed by atoms with E-state index in [2.05, 4.69) is 24.1 Å². The van der Waals surface area contributed by atoms with Crippen LogP contribution >= 0.6 is 0 Å². The van der Waals surface area contributed by atoms with Crippen LogP contribution in [0.4, 0.5) is 0 Å². The molecule has 17 heavy (non-hydrogen) atoms. The molecule has 0 aromatic heterocycles. The Morgan fingerprint density at radius 2 is 2.00 bits per heavy atom. The number of hydrogen-bond acceptors (Lipinski definition) is 2. The van der Waals surface area contributed by atoms with Crippen LogP contribution in [0.2, 0.25) is 0 Å². The van der Waals surface area contributed by atoms with Crippen molar-refractivity contribution in [2.75, 3.05) is 6.54 Å². The Hall–Kier alpha value is -0.570. The van der Waals surface area contributed by atoms with E-state index in [0.29, 0.717) is 17.5 Å². The number of nitrogens with one attached hydrogen (secondary N) is 1. The molecule has 1 amide bonds. The predicted octanol–water partition coefficient (Wildman–Crippen LogP) is 2.27. The molecule has 1 unspecified atom stereocenters. The van der Waals surface area contributed by atoms with Crippen LogP contribution in [0.1, 0.15) is 58.8 Å². The third-order valence-corrected chi connectivity index (χ3v) is 4.87. The fourth-order valence-electron chi connectivity index (χ4n) is 3.42. The standard InChI is InChI=1S/C14H24N2O/c1-3-5-13(6-7-13)10-16-11(4-2)15-14(8-9-14)12(16)17/h11,15H,3-10H2,1-2H3. The van der Waals surface area contributed by atoms with Crippen molar-refractivity contribution in [3.63, 3.8) is 0 Å². The zero-order valence-corrected chi connectivity index (χ0v) is 11.1. The van der Waals surface area contributed by atoms with Gasteiger partial charge in [0.2, 0.25) is 5.91 Å². The van der Waals surface area contributed by atoms with Gasteiger partial charge >= 0.3 is 0 Å². The maximum atomic E-state index is 12.4. The molecule has 3 fully saturated rings. The molecule has 0 bridgehead atoms. The first kappa shape index (κ1) is 11.5. The SMILES string of the molecule is CCCC1(CN2C(=O)C3(CC3)NC2CC)CC1.